The van der Waals surface area contributed by atoms with Gasteiger partial charge in [-0.05, 0) is 25.7 Å². The lowest BCUT2D eigenvalue weighted by Gasteiger charge is -2.12. The fraction of sp³-hybridized carbons (Fsp3) is 0.636. The molecule has 1 aromatic rings. The van der Waals surface area contributed by atoms with E-state index in [9.17, 15) is 0 Å². The molecule has 1 fully saturated rings. The molecule has 1 aromatic heterocycles. The molecule has 5 nitrogen and oxygen atoms in total. The summed E-state index contributed by atoms with van der Waals surface area (Å²) in [5.41, 5.74) is 6.45. The van der Waals surface area contributed by atoms with Gasteiger partial charge in [-0.25, -0.2) is 4.68 Å². The Morgan fingerprint density at radius 1 is 1.56 bits per heavy atom. The molecular weight excluding hydrogens is 202 g/mol. The largest absolute Gasteiger partial charge is 0.383 e. The minimum Gasteiger partial charge on any atom is -0.383 e. The Morgan fingerprint density at radius 2 is 2.19 bits per heavy atom. The van der Waals surface area contributed by atoms with Gasteiger partial charge in [0.1, 0.15) is 17.5 Å². The van der Waals surface area contributed by atoms with E-state index >= 15 is 0 Å². The lowest BCUT2D eigenvalue weighted by molar-refractivity contribution is 0.446. The van der Waals surface area contributed by atoms with E-state index in [0.717, 1.165) is 0 Å². The molecule has 16 heavy (non-hydrogen) atoms. The Morgan fingerprint density at radius 3 is 2.56 bits per heavy atom. The number of aromatic nitrogens is 2. The number of rotatable bonds is 3. The van der Waals surface area contributed by atoms with Gasteiger partial charge in [-0.1, -0.05) is 0 Å². The van der Waals surface area contributed by atoms with Crippen molar-refractivity contribution in [3.05, 3.63) is 5.56 Å². The first-order chi connectivity index (χ1) is 7.56. The lowest BCUT2D eigenvalue weighted by Crippen LogP contribution is -2.14. The minimum atomic E-state index is 0.292. The smallest absolute Gasteiger partial charge is 0.170 e. The molecule has 1 aliphatic carbocycles. The van der Waals surface area contributed by atoms with Crippen LogP contribution in [0.2, 0.25) is 0 Å². The fourth-order valence-corrected chi connectivity index (χ4v) is 1.94. The second-order valence-corrected chi connectivity index (χ2v) is 4.61. The summed E-state index contributed by atoms with van der Waals surface area (Å²) in [6.45, 7) is 2.11. The number of nitrogen functional groups attached to an aromatic ring is 1. The van der Waals surface area contributed by atoms with Crippen LogP contribution in [0.25, 0.3) is 0 Å². The van der Waals surface area contributed by atoms with Crippen LogP contribution in [0.3, 0.4) is 0 Å². The SMILES string of the molecule is CC(C1CC1)n1nc(N(C)C)c(C#N)c1N. The highest BCUT2D eigenvalue weighted by Crippen LogP contribution is 2.41. The van der Waals surface area contributed by atoms with E-state index < -0.39 is 0 Å². The molecule has 2 rings (SSSR count). The van der Waals surface area contributed by atoms with Crippen molar-refractivity contribution in [1.29, 1.82) is 5.26 Å². The van der Waals surface area contributed by atoms with Crippen molar-refractivity contribution < 1.29 is 0 Å². The minimum absolute atomic E-state index is 0.292. The highest BCUT2D eigenvalue weighted by molar-refractivity contribution is 5.64. The second kappa shape index (κ2) is 3.71. The molecule has 5 heteroatoms. The van der Waals surface area contributed by atoms with E-state index in [1.165, 1.54) is 12.8 Å². The maximum Gasteiger partial charge on any atom is 0.170 e. The number of nitrogens with two attached hydrogens (primary N) is 1. The average Bonchev–Trinajstić information content (AvgIpc) is 3.01. The van der Waals surface area contributed by atoms with E-state index in [2.05, 4.69) is 18.1 Å². The van der Waals surface area contributed by atoms with Gasteiger partial charge in [-0.15, -0.1) is 0 Å². The van der Waals surface area contributed by atoms with E-state index in [4.69, 9.17) is 11.0 Å². The van der Waals surface area contributed by atoms with Gasteiger partial charge in [0, 0.05) is 14.1 Å². The van der Waals surface area contributed by atoms with E-state index in [-0.39, 0.29) is 0 Å². The molecule has 1 aliphatic rings. The third-order valence-electron chi connectivity index (χ3n) is 3.15. The van der Waals surface area contributed by atoms with Gasteiger partial charge in [-0.2, -0.15) is 10.4 Å². The molecule has 0 saturated heterocycles. The van der Waals surface area contributed by atoms with Gasteiger partial charge >= 0.3 is 0 Å². The zero-order valence-electron chi connectivity index (χ0n) is 9.94. The molecule has 0 aliphatic heterocycles. The molecule has 1 heterocycles. The zero-order chi connectivity index (χ0) is 11.9. The van der Waals surface area contributed by atoms with Crippen LogP contribution in [0.5, 0.6) is 0 Å². The predicted octanol–water partition coefficient (Wildman–Crippen LogP) is 1.37. The van der Waals surface area contributed by atoms with Crippen molar-refractivity contribution in [2.24, 2.45) is 5.92 Å². The zero-order valence-corrected chi connectivity index (χ0v) is 9.94. The molecule has 0 aromatic carbocycles. The van der Waals surface area contributed by atoms with Crippen molar-refractivity contribution >= 4 is 11.6 Å². The summed E-state index contributed by atoms with van der Waals surface area (Å²) in [7, 11) is 3.74. The van der Waals surface area contributed by atoms with Crippen LogP contribution in [0.15, 0.2) is 0 Å². The lowest BCUT2D eigenvalue weighted by atomic mass is 10.2. The van der Waals surface area contributed by atoms with Crippen LogP contribution in [-0.2, 0) is 0 Å². The Kier molecular flexibility index (Phi) is 2.50. The molecule has 2 N–H and O–H groups in total. The van der Waals surface area contributed by atoms with Crippen LogP contribution in [-0.4, -0.2) is 23.9 Å². The summed E-state index contributed by atoms with van der Waals surface area (Å²) >= 11 is 0. The molecular formula is C11H17N5. The molecule has 1 saturated carbocycles. The van der Waals surface area contributed by atoms with Gasteiger partial charge in [0.2, 0.25) is 0 Å². The summed E-state index contributed by atoms with van der Waals surface area (Å²) in [6.07, 6.45) is 2.47. The van der Waals surface area contributed by atoms with Crippen LogP contribution in [0.4, 0.5) is 11.6 Å². The van der Waals surface area contributed by atoms with Crippen molar-refractivity contribution in [3.8, 4) is 6.07 Å². The first-order valence-corrected chi connectivity index (χ1v) is 5.51. The van der Waals surface area contributed by atoms with E-state index in [1.54, 1.807) is 4.68 Å². The van der Waals surface area contributed by atoms with Gasteiger partial charge in [0.05, 0.1) is 6.04 Å². The molecule has 0 bridgehead atoms. The Hall–Kier alpha value is -1.70. The third kappa shape index (κ3) is 1.60. The summed E-state index contributed by atoms with van der Waals surface area (Å²) < 4.78 is 1.80. The summed E-state index contributed by atoms with van der Waals surface area (Å²) in [5.74, 6) is 1.82. The third-order valence-corrected chi connectivity index (χ3v) is 3.15. The Bertz CT molecular complexity index is 436. The Balaban J connectivity index is 2.43. The monoisotopic (exact) mass is 219 g/mol. The van der Waals surface area contributed by atoms with Crippen LogP contribution in [0, 0.1) is 17.2 Å². The number of hydrogen-bond acceptors (Lipinski definition) is 4. The molecule has 86 valence electrons. The number of anilines is 2. The Labute approximate surface area is 95.4 Å². The predicted molar refractivity (Wildman–Crippen MR) is 63.1 cm³/mol. The first-order valence-electron chi connectivity index (χ1n) is 5.51. The molecule has 0 radical (unpaired) electrons. The van der Waals surface area contributed by atoms with Crippen molar-refractivity contribution in [2.75, 3.05) is 24.7 Å². The van der Waals surface area contributed by atoms with Crippen molar-refractivity contribution in [1.82, 2.24) is 9.78 Å². The second-order valence-electron chi connectivity index (χ2n) is 4.61. The van der Waals surface area contributed by atoms with Gasteiger partial charge in [-0.3, -0.25) is 0 Å². The normalized spacial score (nSPS) is 16.9. The number of hydrogen-bond donors (Lipinski definition) is 1. The summed E-state index contributed by atoms with van der Waals surface area (Å²) in [6, 6.07) is 2.42. The average molecular weight is 219 g/mol. The van der Waals surface area contributed by atoms with Crippen LogP contribution < -0.4 is 10.6 Å². The van der Waals surface area contributed by atoms with Gasteiger partial charge < -0.3 is 10.6 Å². The first kappa shape index (κ1) is 10.8. The van der Waals surface area contributed by atoms with E-state index in [0.29, 0.717) is 29.2 Å². The molecule has 1 unspecified atom stereocenters. The fourth-order valence-electron chi connectivity index (χ4n) is 1.94. The van der Waals surface area contributed by atoms with Crippen molar-refractivity contribution in [2.45, 2.75) is 25.8 Å². The molecule has 0 amide bonds. The quantitative estimate of drug-likeness (QED) is 0.833. The molecule has 1 atom stereocenters. The number of nitriles is 1. The highest BCUT2D eigenvalue weighted by Gasteiger charge is 2.32. The molecule has 0 spiro atoms. The van der Waals surface area contributed by atoms with E-state index in [1.807, 2.05) is 19.0 Å². The number of nitrogens with zero attached hydrogens (tertiary/aromatic N) is 4. The maximum absolute atomic E-state index is 9.09. The summed E-state index contributed by atoms with van der Waals surface area (Å²) in [5, 5.41) is 13.5. The van der Waals surface area contributed by atoms with Crippen LogP contribution >= 0.6 is 0 Å². The van der Waals surface area contributed by atoms with Gasteiger partial charge in [0.25, 0.3) is 0 Å². The van der Waals surface area contributed by atoms with Gasteiger partial charge in [0.15, 0.2) is 5.82 Å². The highest BCUT2D eigenvalue weighted by atomic mass is 15.4. The summed E-state index contributed by atoms with van der Waals surface area (Å²) in [4.78, 5) is 1.82. The maximum atomic E-state index is 9.09. The standard InChI is InChI=1S/C11H17N5/c1-7(8-4-5-8)16-10(13)9(6-12)11(14-16)15(2)3/h7-8H,4-5,13H2,1-3H3. The topological polar surface area (TPSA) is 70.9 Å². The van der Waals surface area contributed by atoms with Crippen molar-refractivity contribution in [3.63, 3.8) is 0 Å². The van der Waals surface area contributed by atoms with Crippen LogP contribution in [0.1, 0.15) is 31.4 Å².